The number of ether oxygens (including phenoxy) is 2. The van der Waals surface area contributed by atoms with E-state index in [-0.39, 0.29) is 0 Å². The zero-order valence-electron chi connectivity index (χ0n) is 10.9. The maximum atomic E-state index is 5.27. The van der Waals surface area contributed by atoms with Gasteiger partial charge < -0.3 is 14.8 Å². The summed E-state index contributed by atoms with van der Waals surface area (Å²) in [6.07, 6.45) is 0. The molecule has 0 bridgehead atoms. The summed E-state index contributed by atoms with van der Waals surface area (Å²) in [5.41, 5.74) is 1.11. The monoisotopic (exact) mass is 266 g/mol. The third kappa shape index (κ3) is 3.10. The number of thioether (sulfide) groups is 1. The van der Waals surface area contributed by atoms with Crippen LogP contribution in [0.2, 0.25) is 0 Å². The Morgan fingerprint density at radius 3 is 2.72 bits per heavy atom. The predicted octanol–water partition coefficient (Wildman–Crippen LogP) is 2.28. The highest BCUT2D eigenvalue weighted by Gasteiger charge is 2.15. The van der Waals surface area contributed by atoms with E-state index < -0.39 is 0 Å². The summed E-state index contributed by atoms with van der Waals surface area (Å²) in [6, 6.07) is 6.39. The molecule has 0 spiro atoms. The fourth-order valence-electron chi connectivity index (χ4n) is 1.73. The highest BCUT2D eigenvalue weighted by atomic mass is 32.2. The minimum absolute atomic E-state index is 0.513. The van der Waals surface area contributed by atoms with E-state index in [2.05, 4.69) is 17.2 Å². The Hall–Kier alpha value is -1.36. The summed E-state index contributed by atoms with van der Waals surface area (Å²) in [6.45, 7) is 2.81. The molecule has 0 aromatic heterocycles. The van der Waals surface area contributed by atoms with E-state index in [0.717, 1.165) is 28.0 Å². The average molecular weight is 266 g/mol. The van der Waals surface area contributed by atoms with Crippen molar-refractivity contribution in [3.8, 4) is 11.5 Å². The average Bonchev–Trinajstić information content (AvgIpc) is 2.81. The molecule has 0 amide bonds. The van der Waals surface area contributed by atoms with E-state index in [1.54, 1.807) is 26.0 Å². The first-order chi connectivity index (χ1) is 8.72. The maximum absolute atomic E-state index is 5.27. The van der Waals surface area contributed by atoms with Crippen LogP contribution in [-0.2, 0) is 6.54 Å². The van der Waals surface area contributed by atoms with Crippen molar-refractivity contribution in [2.45, 2.75) is 19.5 Å². The molecule has 1 aliphatic rings. The Morgan fingerprint density at radius 1 is 1.33 bits per heavy atom. The van der Waals surface area contributed by atoms with E-state index in [9.17, 15) is 0 Å². The SMILES string of the molecule is COc1ccc(CN=C2NC(C)CS2)cc1OC. The van der Waals surface area contributed by atoms with Gasteiger partial charge in [0.2, 0.25) is 0 Å². The first-order valence-corrected chi connectivity index (χ1v) is 6.86. The Labute approximate surface area is 112 Å². The molecular formula is C13H18N2O2S. The van der Waals surface area contributed by atoms with Crippen LogP contribution >= 0.6 is 11.8 Å². The molecule has 18 heavy (non-hydrogen) atoms. The minimum atomic E-state index is 0.513. The molecule has 0 saturated carbocycles. The minimum Gasteiger partial charge on any atom is -0.493 e. The van der Waals surface area contributed by atoms with Crippen LogP contribution in [-0.4, -0.2) is 31.2 Å². The van der Waals surface area contributed by atoms with E-state index >= 15 is 0 Å². The van der Waals surface area contributed by atoms with Crippen LogP contribution in [0, 0.1) is 0 Å². The molecule has 2 rings (SSSR count). The molecule has 0 aliphatic carbocycles. The van der Waals surface area contributed by atoms with Gasteiger partial charge in [-0.3, -0.25) is 4.99 Å². The highest BCUT2D eigenvalue weighted by Crippen LogP contribution is 2.28. The van der Waals surface area contributed by atoms with Crippen LogP contribution in [0.1, 0.15) is 12.5 Å². The lowest BCUT2D eigenvalue weighted by molar-refractivity contribution is 0.354. The quantitative estimate of drug-likeness (QED) is 0.908. The Morgan fingerprint density at radius 2 is 2.11 bits per heavy atom. The molecule has 4 nitrogen and oxygen atoms in total. The third-order valence-corrected chi connectivity index (χ3v) is 3.88. The van der Waals surface area contributed by atoms with Gasteiger partial charge in [-0.05, 0) is 24.6 Å². The van der Waals surface area contributed by atoms with Crippen molar-refractivity contribution in [1.29, 1.82) is 0 Å². The molecule has 1 aromatic carbocycles. The Kier molecular flexibility index (Phi) is 4.36. The van der Waals surface area contributed by atoms with Crippen molar-refractivity contribution in [2.75, 3.05) is 20.0 Å². The van der Waals surface area contributed by atoms with Gasteiger partial charge in [-0.1, -0.05) is 17.8 Å². The van der Waals surface area contributed by atoms with E-state index in [1.807, 2.05) is 18.2 Å². The number of nitrogens with zero attached hydrogens (tertiary/aromatic N) is 1. The number of amidine groups is 1. The lowest BCUT2D eigenvalue weighted by Crippen LogP contribution is -2.23. The predicted molar refractivity (Wildman–Crippen MR) is 75.7 cm³/mol. The largest absolute Gasteiger partial charge is 0.493 e. The molecule has 0 radical (unpaired) electrons. The molecule has 1 atom stereocenters. The van der Waals surface area contributed by atoms with Crippen molar-refractivity contribution >= 4 is 16.9 Å². The highest BCUT2D eigenvalue weighted by molar-refractivity contribution is 8.14. The Bertz CT molecular complexity index is 449. The number of hydrogen-bond donors (Lipinski definition) is 1. The van der Waals surface area contributed by atoms with Gasteiger partial charge in [0.1, 0.15) is 0 Å². The standard InChI is InChI=1S/C13H18N2O2S/c1-9-8-18-13(15-9)14-7-10-4-5-11(16-2)12(6-10)17-3/h4-6,9H,7-8H2,1-3H3,(H,14,15). The van der Waals surface area contributed by atoms with Crippen LogP contribution in [0.5, 0.6) is 11.5 Å². The van der Waals surface area contributed by atoms with Gasteiger partial charge in [0.15, 0.2) is 16.7 Å². The number of benzene rings is 1. The van der Waals surface area contributed by atoms with Gasteiger partial charge >= 0.3 is 0 Å². The van der Waals surface area contributed by atoms with Crippen LogP contribution in [0.15, 0.2) is 23.2 Å². The van der Waals surface area contributed by atoms with Crippen molar-refractivity contribution in [3.05, 3.63) is 23.8 Å². The van der Waals surface area contributed by atoms with Crippen molar-refractivity contribution < 1.29 is 9.47 Å². The molecule has 1 heterocycles. The summed E-state index contributed by atoms with van der Waals surface area (Å²) >= 11 is 1.77. The normalized spacial score (nSPS) is 20.8. The van der Waals surface area contributed by atoms with Crippen molar-refractivity contribution in [1.82, 2.24) is 5.32 Å². The summed E-state index contributed by atoms with van der Waals surface area (Å²) in [5.74, 6) is 2.58. The van der Waals surface area contributed by atoms with E-state index in [1.165, 1.54) is 0 Å². The van der Waals surface area contributed by atoms with Crippen LogP contribution < -0.4 is 14.8 Å². The molecule has 1 aliphatic heterocycles. The third-order valence-electron chi connectivity index (χ3n) is 2.69. The van der Waals surface area contributed by atoms with Crippen molar-refractivity contribution in [2.24, 2.45) is 4.99 Å². The molecule has 1 N–H and O–H groups in total. The summed E-state index contributed by atoms with van der Waals surface area (Å²) in [5, 5.41) is 4.36. The second-order valence-corrected chi connectivity index (χ2v) is 5.18. The van der Waals surface area contributed by atoms with Gasteiger partial charge in [-0.2, -0.15) is 0 Å². The van der Waals surface area contributed by atoms with Gasteiger partial charge in [0.25, 0.3) is 0 Å². The Balaban J connectivity index is 2.05. The smallest absolute Gasteiger partial charge is 0.161 e. The fraction of sp³-hybridized carbons (Fsp3) is 0.462. The molecule has 1 aromatic rings. The van der Waals surface area contributed by atoms with Gasteiger partial charge in [-0.25, -0.2) is 0 Å². The van der Waals surface area contributed by atoms with Crippen molar-refractivity contribution in [3.63, 3.8) is 0 Å². The zero-order valence-corrected chi connectivity index (χ0v) is 11.7. The van der Waals surface area contributed by atoms with E-state index in [4.69, 9.17) is 9.47 Å². The van der Waals surface area contributed by atoms with Crippen LogP contribution in [0.3, 0.4) is 0 Å². The second-order valence-electron chi connectivity index (χ2n) is 4.17. The summed E-state index contributed by atoms with van der Waals surface area (Å²) < 4.78 is 10.5. The number of methoxy groups -OCH3 is 2. The molecule has 98 valence electrons. The zero-order chi connectivity index (χ0) is 13.0. The number of hydrogen-bond acceptors (Lipinski definition) is 4. The van der Waals surface area contributed by atoms with Gasteiger partial charge in [-0.15, -0.1) is 0 Å². The van der Waals surface area contributed by atoms with Crippen LogP contribution in [0.25, 0.3) is 0 Å². The lowest BCUT2D eigenvalue weighted by Gasteiger charge is -2.08. The topological polar surface area (TPSA) is 42.8 Å². The summed E-state index contributed by atoms with van der Waals surface area (Å²) in [4.78, 5) is 4.55. The van der Waals surface area contributed by atoms with Gasteiger partial charge in [0, 0.05) is 11.8 Å². The molecule has 1 fully saturated rings. The molecule has 5 heteroatoms. The number of aliphatic imine (C=N–C) groups is 1. The molecule has 1 unspecified atom stereocenters. The van der Waals surface area contributed by atoms with E-state index in [0.29, 0.717) is 12.6 Å². The first kappa shape index (κ1) is 13.1. The van der Waals surface area contributed by atoms with Gasteiger partial charge in [0.05, 0.1) is 20.8 Å². The fourth-order valence-corrected chi connectivity index (χ4v) is 2.66. The summed E-state index contributed by atoms with van der Waals surface area (Å²) in [7, 11) is 3.28. The maximum Gasteiger partial charge on any atom is 0.161 e. The lowest BCUT2D eigenvalue weighted by atomic mass is 10.2. The number of rotatable bonds is 4. The molecule has 1 saturated heterocycles. The molecular weight excluding hydrogens is 248 g/mol. The second kappa shape index (κ2) is 6.00. The van der Waals surface area contributed by atoms with Crippen LogP contribution in [0.4, 0.5) is 0 Å². The number of nitrogens with one attached hydrogen (secondary N) is 1. The first-order valence-electron chi connectivity index (χ1n) is 5.87.